The van der Waals surface area contributed by atoms with Crippen LogP contribution in [0.3, 0.4) is 0 Å². The summed E-state index contributed by atoms with van der Waals surface area (Å²) in [6, 6.07) is 16.5. The largest absolute Gasteiger partial charge is 0.384 e. The van der Waals surface area contributed by atoms with E-state index in [1.807, 2.05) is 36.7 Å². The molecule has 6 aliphatic heterocycles. The number of nitrogens with one attached hydrogen (secondary N) is 1. The molecule has 1 unspecified atom stereocenters. The lowest BCUT2D eigenvalue weighted by Gasteiger charge is -2.32. The van der Waals surface area contributed by atoms with Crippen LogP contribution in [0, 0.1) is 22.7 Å². The number of fused-ring (bicyclic) bond motifs is 10. The van der Waals surface area contributed by atoms with Gasteiger partial charge in [0, 0.05) is 106 Å². The first-order valence-corrected chi connectivity index (χ1v) is 26.6. The highest BCUT2D eigenvalue weighted by Gasteiger charge is 2.31. The molecule has 0 aromatic carbocycles. The van der Waals surface area contributed by atoms with Crippen molar-refractivity contribution in [3.05, 3.63) is 93.0 Å². The van der Waals surface area contributed by atoms with E-state index in [1.165, 1.54) is 82.6 Å². The normalized spacial score (nSPS) is 22.4. The Morgan fingerprint density at radius 2 is 1.08 bits per heavy atom. The molecule has 20 heteroatoms. The topological polar surface area (TPSA) is 237 Å². The van der Waals surface area contributed by atoms with Crippen LogP contribution in [-0.2, 0) is 10.8 Å². The van der Waals surface area contributed by atoms with Gasteiger partial charge in [-0.2, -0.15) is 15.5 Å². The second kappa shape index (κ2) is 21.2. The van der Waals surface area contributed by atoms with Gasteiger partial charge in [0.1, 0.15) is 46.2 Å². The first-order chi connectivity index (χ1) is 34.6. The summed E-state index contributed by atoms with van der Waals surface area (Å²) < 4.78 is 14.9. The van der Waals surface area contributed by atoms with Crippen molar-refractivity contribution in [1.82, 2.24) is 48.8 Å². The standard InChI is InChI=1S/C25H28N8O.C14H14N4O2S.C12H18N4/c26-14-17-13-18-15-28-25(30-23(18)33(24(17)34)20-3-1-2-4-20)29-22-6-5-21(16-27-22)32-12-11-31-9-7-19(32)8-10-31;1-21(20)14-16-8-10-6-9(7-15)13(19)18(12(10)17-14)11-4-2-3-5-11;13-12-2-1-11(9-14-12)16-8-7-15-5-3-10(16)4-6-15/h5-6,13,15-16,19-20H,1-4,7-12H2,(H,27,28,29,30);6,8,11H,2-5H2,1H3;1-2,9-10H,3-8H2,(H2,13,14). The Balaban J connectivity index is 0.000000134. The summed E-state index contributed by atoms with van der Waals surface area (Å²) in [7, 11) is -1.31. The molecule has 1 atom stereocenters. The molecular formula is C51H60N16O3S. The van der Waals surface area contributed by atoms with Crippen LogP contribution in [0.1, 0.15) is 100 Å². The summed E-state index contributed by atoms with van der Waals surface area (Å²) in [6.45, 7) is 9.34. The van der Waals surface area contributed by atoms with Crippen molar-refractivity contribution in [1.29, 1.82) is 10.5 Å². The number of nitriles is 2. The van der Waals surface area contributed by atoms with Gasteiger partial charge in [-0.1, -0.05) is 25.7 Å². The zero-order chi connectivity index (χ0) is 49.0. The van der Waals surface area contributed by atoms with Gasteiger partial charge in [-0.05, 0) is 87.8 Å². The average Bonchev–Trinajstić information content (AvgIpc) is 3.95. The van der Waals surface area contributed by atoms with Crippen molar-refractivity contribution < 1.29 is 4.21 Å². The third-order valence-electron chi connectivity index (χ3n) is 15.1. The van der Waals surface area contributed by atoms with E-state index >= 15 is 0 Å². The van der Waals surface area contributed by atoms with Crippen LogP contribution in [0.15, 0.2) is 75.9 Å². The van der Waals surface area contributed by atoms with E-state index < -0.39 is 10.8 Å². The Morgan fingerprint density at radius 3 is 1.55 bits per heavy atom. The highest BCUT2D eigenvalue weighted by atomic mass is 32.2. The Labute approximate surface area is 414 Å². The monoisotopic (exact) mass is 976 g/mol. The van der Waals surface area contributed by atoms with Gasteiger partial charge in [0.05, 0.1) is 34.6 Å². The van der Waals surface area contributed by atoms with Crippen LogP contribution < -0.4 is 32.0 Å². The Bertz CT molecular complexity index is 3100. The van der Waals surface area contributed by atoms with Crippen LogP contribution in [-0.4, -0.2) is 124 Å². The predicted octanol–water partition coefficient (Wildman–Crippen LogP) is 5.67. The van der Waals surface area contributed by atoms with Crippen LogP contribution in [0.2, 0.25) is 0 Å². The fraction of sp³-hybridized carbons (Fsp3) is 0.490. The van der Waals surface area contributed by atoms with Crippen molar-refractivity contribution in [2.45, 2.75) is 106 Å². The number of anilines is 5. The van der Waals surface area contributed by atoms with Gasteiger partial charge in [-0.25, -0.2) is 24.9 Å². The number of piperidine rings is 2. The first kappa shape index (κ1) is 47.8. The summed E-state index contributed by atoms with van der Waals surface area (Å²) in [5, 5.41) is 23.3. The highest BCUT2D eigenvalue weighted by molar-refractivity contribution is 7.84. The summed E-state index contributed by atoms with van der Waals surface area (Å²) in [5.74, 6) is 1.66. The number of aromatic nitrogens is 8. The number of rotatable bonds is 7. The van der Waals surface area contributed by atoms with E-state index in [-0.39, 0.29) is 39.5 Å². The Hall–Kier alpha value is -6.87. The smallest absolute Gasteiger partial charge is 0.270 e. The van der Waals surface area contributed by atoms with Gasteiger partial charge in [0.15, 0.2) is 0 Å². The van der Waals surface area contributed by atoms with Crippen molar-refractivity contribution in [3.63, 3.8) is 0 Å². The van der Waals surface area contributed by atoms with Crippen molar-refractivity contribution in [3.8, 4) is 12.1 Å². The van der Waals surface area contributed by atoms with Gasteiger partial charge in [-0.15, -0.1) is 0 Å². The molecule has 6 aromatic heterocycles. The lowest BCUT2D eigenvalue weighted by atomic mass is 10.0. The van der Waals surface area contributed by atoms with E-state index in [9.17, 15) is 19.1 Å². The van der Waals surface area contributed by atoms with Crippen LogP contribution in [0.4, 0.5) is 29.0 Å². The summed E-state index contributed by atoms with van der Waals surface area (Å²) in [6.07, 6.45) is 21.5. The first-order valence-electron chi connectivity index (χ1n) is 25.0. The van der Waals surface area contributed by atoms with Crippen molar-refractivity contribution >= 4 is 61.8 Å². The summed E-state index contributed by atoms with van der Waals surface area (Å²) in [4.78, 5) is 61.8. The van der Waals surface area contributed by atoms with Crippen LogP contribution >= 0.6 is 0 Å². The molecule has 0 amide bonds. The predicted molar refractivity (Wildman–Crippen MR) is 274 cm³/mol. The van der Waals surface area contributed by atoms with Gasteiger partial charge in [0.2, 0.25) is 11.1 Å². The minimum Gasteiger partial charge on any atom is -0.384 e. The SMILES string of the molecule is CS(=O)c1ncc2cc(C#N)c(=O)n(C3CCCC3)c2n1.N#Cc1cc2cnc(Nc3ccc(N4CCN5CCC4CC5)cn3)nc2n(C2CCCC2)c1=O.Nc1ccc(N2CCN3CCC2CC3)cn1. The molecule has 19 nitrogen and oxygen atoms in total. The molecule has 3 N–H and O–H groups in total. The van der Waals surface area contributed by atoms with Crippen LogP contribution in [0.25, 0.3) is 22.1 Å². The molecule has 0 radical (unpaired) electrons. The van der Waals surface area contributed by atoms with Gasteiger partial charge < -0.3 is 30.7 Å². The minimum absolute atomic E-state index is 0.0568. The summed E-state index contributed by atoms with van der Waals surface area (Å²) >= 11 is 0. The molecular weight excluding hydrogens is 917 g/mol. The fourth-order valence-corrected chi connectivity index (χ4v) is 11.8. The number of hydrogen-bond donors (Lipinski definition) is 2. The van der Waals surface area contributed by atoms with E-state index in [2.05, 4.69) is 67.0 Å². The molecule has 2 aliphatic carbocycles. The quantitative estimate of drug-likeness (QED) is 0.183. The Morgan fingerprint density at radius 1 is 0.592 bits per heavy atom. The highest BCUT2D eigenvalue weighted by Crippen LogP contribution is 2.33. The lowest BCUT2D eigenvalue weighted by molar-refractivity contribution is 0.250. The molecule has 368 valence electrons. The lowest BCUT2D eigenvalue weighted by Crippen LogP contribution is -2.37. The van der Waals surface area contributed by atoms with E-state index in [0.29, 0.717) is 51.7 Å². The van der Waals surface area contributed by atoms with Crippen LogP contribution in [0.5, 0.6) is 0 Å². The molecule has 8 fully saturated rings. The molecule has 6 aromatic rings. The minimum atomic E-state index is -1.31. The molecule has 2 saturated carbocycles. The molecule has 14 rings (SSSR count). The number of nitrogens with zero attached hydrogens (tertiary/aromatic N) is 14. The van der Waals surface area contributed by atoms with Gasteiger partial charge in [-0.3, -0.25) is 22.9 Å². The molecule has 71 heavy (non-hydrogen) atoms. The zero-order valence-corrected chi connectivity index (χ0v) is 41.0. The third-order valence-corrected chi connectivity index (χ3v) is 15.8. The van der Waals surface area contributed by atoms with E-state index in [4.69, 9.17) is 11.0 Å². The fourth-order valence-electron chi connectivity index (χ4n) is 11.4. The van der Waals surface area contributed by atoms with E-state index in [0.717, 1.165) is 76.7 Å². The molecule has 12 heterocycles. The number of hydrogen-bond acceptors (Lipinski definition) is 17. The average molecular weight is 977 g/mol. The van der Waals surface area contributed by atoms with E-state index in [1.54, 1.807) is 21.4 Å². The number of pyridine rings is 4. The second-order valence-electron chi connectivity index (χ2n) is 19.4. The number of nitrogens with two attached hydrogens (primary N) is 1. The van der Waals surface area contributed by atoms with Crippen molar-refractivity contribution in [2.24, 2.45) is 0 Å². The maximum atomic E-state index is 13.0. The van der Waals surface area contributed by atoms with Gasteiger partial charge in [0.25, 0.3) is 11.1 Å². The second-order valence-corrected chi connectivity index (χ2v) is 20.7. The molecule has 6 saturated heterocycles. The van der Waals surface area contributed by atoms with Gasteiger partial charge >= 0.3 is 0 Å². The zero-order valence-electron chi connectivity index (χ0n) is 40.2. The number of nitrogen functional groups attached to an aromatic ring is 1. The molecule has 4 bridgehead atoms. The maximum absolute atomic E-state index is 13.0. The maximum Gasteiger partial charge on any atom is 0.270 e. The Kier molecular flexibility index (Phi) is 14.3. The third kappa shape index (κ3) is 10.3. The van der Waals surface area contributed by atoms with Crippen molar-refractivity contribution in [2.75, 3.05) is 79.5 Å². The summed E-state index contributed by atoms with van der Waals surface area (Å²) in [5.41, 5.74) is 8.70. The molecule has 0 spiro atoms. The molecule has 8 aliphatic rings.